The minimum atomic E-state index is -0.296. The predicted molar refractivity (Wildman–Crippen MR) is 146 cm³/mol. The zero-order chi connectivity index (χ0) is 26.1. The van der Waals surface area contributed by atoms with Crippen molar-refractivity contribution in [2.45, 2.75) is 39.7 Å². The summed E-state index contributed by atoms with van der Waals surface area (Å²) in [5.74, 6) is 2.70. The number of rotatable bonds is 8. The van der Waals surface area contributed by atoms with Crippen LogP contribution in [0.15, 0.2) is 35.3 Å². The van der Waals surface area contributed by atoms with Crippen molar-refractivity contribution in [3.05, 3.63) is 45.8 Å². The number of anilines is 3. The van der Waals surface area contributed by atoms with E-state index in [-0.39, 0.29) is 23.8 Å². The number of likely N-dealkylation sites (N-methyl/N-ethyl adjacent to an activating group) is 1. The van der Waals surface area contributed by atoms with Crippen molar-refractivity contribution in [2.24, 2.45) is 17.8 Å². The van der Waals surface area contributed by atoms with E-state index in [1.807, 2.05) is 18.2 Å². The summed E-state index contributed by atoms with van der Waals surface area (Å²) in [6.45, 7) is 6.75. The zero-order valence-corrected chi connectivity index (χ0v) is 22.2. The lowest BCUT2D eigenvalue weighted by Gasteiger charge is -2.35. The van der Waals surface area contributed by atoms with E-state index in [1.54, 1.807) is 16.8 Å². The number of carbonyl (C=O) groups is 1. The van der Waals surface area contributed by atoms with Crippen molar-refractivity contribution in [1.29, 1.82) is 0 Å². The first-order chi connectivity index (χ1) is 17.8. The number of carbonyl (C=O) groups excluding carboxylic acids is 1. The maximum Gasteiger partial charge on any atom is 0.293 e. The first-order valence-electron chi connectivity index (χ1n) is 12.9. The Morgan fingerprint density at radius 2 is 1.95 bits per heavy atom. The Balaban J connectivity index is 1.46. The van der Waals surface area contributed by atoms with Gasteiger partial charge in [0.1, 0.15) is 5.02 Å². The van der Waals surface area contributed by atoms with Crippen molar-refractivity contribution in [3.8, 4) is 5.75 Å². The molecule has 10 heteroatoms. The van der Waals surface area contributed by atoms with Crippen molar-refractivity contribution in [1.82, 2.24) is 19.9 Å². The lowest BCUT2D eigenvalue weighted by atomic mass is 9.92. The molecule has 2 N–H and O–H groups in total. The summed E-state index contributed by atoms with van der Waals surface area (Å²) in [6, 6.07) is 7.47. The number of hydrogen-bond acceptors (Lipinski definition) is 7. The van der Waals surface area contributed by atoms with Gasteiger partial charge in [-0.25, -0.2) is 4.98 Å². The van der Waals surface area contributed by atoms with Gasteiger partial charge in [-0.15, -0.1) is 0 Å². The molecule has 9 nitrogen and oxygen atoms in total. The van der Waals surface area contributed by atoms with E-state index in [0.717, 1.165) is 42.5 Å². The SMILES string of the molecule is CNC(=O)COc1cc2cc(Nc3nc(N4C[C@H](C)C[C@H](C)C4)ncc3Cl)ccc2n(CC2CC2)c1=O. The maximum absolute atomic E-state index is 13.2. The largest absolute Gasteiger partial charge is 0.478 e. The summed E-state index contributed by atoms with van der Waals surface area (Å²) in [5.41, 5.74) is 1.37. The number of amides is 1. The van der Waals surface area contributed by atoms with Crippen LogP contribution >= 0.6 is 11.6 Å². The second kappa shape index (κ2) is 10.6. The molecule has 3 heterocycles. The van der Waals surface area contributed by atoms with E-state index in [1.165, 1.54) is 13.5 Å². The molecular weight excluding hydrogens is 492 g/mol. The standard InChI is InChI=1S/C27H33ClN6O3/c1-16-8-17(2)13-33(12-16)27-30-11-21(28)25(32-27)31-20-6-7-22-19(9-20)10-23(37-15-24(35)29-3)26(36)34(22)14-18-4-5-18/h6-7,9-11,16-18H,4-5,8,12-15H2,1-3H3,(H,29,35)(H,30,31,32)/t16-,17+. The van der Waals surface area contributed by atoms with Crippen molar-refractivity contribution < 1.29 is 9.53 Å². The number of pyridine rings is 1. The lowest BCUT2D eigenvalue weighted by Crippen LogP contribution is -2.39. The molecule has 1 saturated carbocycles. The highest BCUT2D eigenvalue weighted by Gasteiger charge is 2.25. The van der Waals surface area contributed by atoms with E-state index in [2.05, 4.69) is 34.4 Å². The number of piperidine rings is 1. The van der Waals surface area contributed by atoms with Crippen molar-refractivity contribution in [2.75, 3.05) is 37.0 Å². The Hall–Kier alpha value is -3.33. The Morgan fingerprint density at radius 1 is 1.19 bits per heavy atom. The molecule has 1 aromatic carbocycles. The number of benzene rings is 1. The molecule has 2 aliphatic rings. The lowest BCUT2D eigenvalue weighted by molar-refractivity contribution is -0.122. The minimum Gasteiger partial charge on any atom is -0.478 e. The van der Waals surface area contributed by atoms with Crippen LogP contribution in [0.1, 0.15) is 33.1 Å². The summed E-state index contributed by atoms with van der Waals surface area (Å²) < 4.78 is 7.36. The van der Waals surface area contributed by atoms with Crippen LogP contribution in [0.4, 0.5) is 17.5 Å². The molecule has 1 aliphatic carbocycles. The van der Waals surface area contributed by atoms with Gasteiger partial charge in [0.2, 0.25) is 5.95 Å². The Labute approximate surface area is 221 Å². The maximum atomic E-state index is 13.2. The normalized spacial score (nSPS) is 19.6. The van der Waals surface area contributed by atoms with Crippen LogP contribution in [0.3, 0.4) is 0 Å². The molecule has 0 radical (unpaired) electrons. The average molecular weight is 525 g/mol. The highest BCUT2D eigenvalue weighted by atomic mass is 35.5. The molecule has 196 valence electrons. The molecule has 1 saturated heterocycles. The van der Waals surface area contributed by atoms with Crippen LogP contribution in [0, 0.1) is 17.8 Å². The van der Waals surface area contributed by atoms with Gasteiger partial charge in [-0.2, -0.15) is 4.98 Å². The summed E-state index contributed by atoms with van der Waals surface area (Å²) in [7, 11) is 1.53. The van der Waals surface area contributed by atoms with Gasteiger partial charge in [-0.05, 0) is 61.3 Å². The number of aromatic nitrogens is 3. The summed E-state index contributed by atoms with van der Waals surface area (Å²) >= 11 is 6.47. The van der Waals surface area contributed by atoms with E-state index in [0.29, 0.717) is 41.1 Å². The molecule has 2 aromatic heterocycles. The number of ether oxygens (including phenoxy) is 1. The van der Waals surface area contributed by atoms with Crippen molar-refractivity contribution >= 4 is 45.9 Å². The number of fused-ring (bicyclic) bond motifs is 1. The molecule has 1 aliphatic heterocycles. The topological polar surface area (TPSA) is 101 Å². The van der Waals surface area contributed by atoms with Crippen LogP contribution in [-0.4, -0.2) is 47.2 Å². The first-order valence-corrected chi connectivity index (χ1v) is 13.2. The molecule has 0 unspecified atom stereocenters. The number of nitrogens with zero attached hydrogens (tertiary/aromatic N) is 4. The second-order valence-corrected chi connectivity index (χ2v) is 10.9. The third-order valence-electron chi connectivity index (χ3n) is 6.98. The van der Waals surface area contributed by atoms with Crippen molar-refractivity contribution in [3.63, 3.8) is 0 Å². The van der Waals surface area contributed by atoms with E-state index < -0.39 is 0 Å². The first kappa shape index (κ1) is 25.3. The smallest absolute Gasteiger partial charge is 0.293 e. The van der Waals surface area contributed by atoms with Gasteiger partial charge in [-0.1, -0.05) is 25.4 Å². The van der Waals surface area contributed by atoms with Crippen LogP contribution in [0.2, 0.25) is 5.02 Å². The molecule has 0 spiro atoms. The van der Waals surface area contributed by atoms with Gasteiger partial charge in [-0.3, -0.25) is 9.59 Å². The molecule has 1 amide bonds. The minimum absolute atomic E-state index is 0.157. The fourth-order valence-corrected chi connectivity index (χ4v) is 5.20. The average Bonchev–Trinajstić information content (AvgIpc) is 3.69. The van der Waals surface area contributed by atoms with Gasteiger partial charge in [0.05, 0.1) is 11.7 Å². The van der Waals surface area contributed by atoms with Crippen LogP contribution in [-0.2, 0) is 11.3 Å². The predicted octanol–water partition coefficient (Wildman–Crippen LogP) is 4.21. The quantitative estimate of drug-likeness (QED) is 0.455. The molecule has 37 heavy (non-hydrogen) atoms. The Kier molecular flexibility index (Phi) is 7.24. The molecule has 0 bridgehead atoms. The summed E-state index contributed by atoms with van der Waals surface area (Å²) in [6.07, 6.45) is 5.06. The molecular formula is C27H33ClN6O3. The van der Waals surface area contributed by atoms with Gasteiger partial charge >= 0.3 is 0 Å². The Morgan fingerprint density at radius 3 is 2.65 bits per heavy atom. The molecule has 3 aromatic rings. The summed E-state index contributed by atoms with van der Waals surface area (Å²) in [5, 5.41) is 7.09. The summed E-state index contributed by atoms with van der Waals surface area (Å²) in [4.78, 5) is 36.3. The molecule has 5 rings (SSSR count). The third kappa shape index (κ3) is 5.82. The molecule has 2 fully saturated rings. The molecule has 2 atom stereocenters. The van der Waals surface area contributed by atoms with E-state index in [4.69, 9.17) is 21.3 Å². The van der Waals surface area contributed by atoms with Gasteiger partial charge in [0.15, 0.2) is 18.2 Å². The van der Waals surface area contributed by atoms with E-state index >= 15 is 0 Å². The van der Waals surface area contributed by atoms with Crippen LogP contribution < -0.4 is 25.8 Å². The van der Waals surface area contributed by atoms with Crippen LogP contribution in [0.5, 0.6) is 5.75 Å². The number of nitrogens with one attached hydrogen (secondary N) is 2. The van der Waals surface area contributed by atoms with Crippen LogP contribution in [0.25, 0.3) is 10.9 Å². The van der Waals surface area contributed by atoms with Gasteiger partial charge in [0.25, 0.3) is 11.5 Å². The van der Waals surface area contributed by atoms with Gasteiger partial charge < -0.3 is 24.8 Å². The van der Waals surface area contributed by atoms with E-state index in [9.17, 15) is 9.59 Å². The zero-order valence-electron chi connectivity index (χ0n) is 21.5. The third-order valence-corrected chi connectivity index (χ3v) is 7.26. The number of hydrogen-bond donors (Lipinski definition) is 2. The number of halogens is 1. The highest BCUT2D eigenvalue weighted by molar-refractivity contribution is 6.32. The monoisotopic (exact) mass is 524 g/mol. The van der Waals surface area contributed by atoms with Gasteiger partial charge in [0, 0.05) is 37.8 Å². The second-order valence-electron chi connectivity index (χ2n) is 10.4. The fourth-order valence-electron chi connectivity index (χ4n) is 5.06. The highest BCUT2D eigenvalue weighted by Crippen LogP contribution is 2.33. The Bertz CT molecular complexity index is 1360. The fraction of sp³-hybridized carbons (Fsp3) is 0.481.